The van der Waals surface area contributed by atoms with Crippen molar-refractivity contribution in [3.05, 3.63) is 29.0 Å². The van der Waals surface area contributed by atoms with Gasteiger partial charge >= 0.3 is 0 Å². The van der Waals surface area contributed by atoms with Crippen molar-refractivity contribution < 1.29 is 0 Å². The summed E-state index contributed by atoms with van der Waals surface area (Å²) in [5.41, 5.74) is 16.7. The van der Waals surface area contributed by atoms with Crippen LogP contribution in [0.5, 0.6) is 0 Å². The van der Waals surface area contributed by atoms with Crippen molar-refractivity contribution >= 4 is 23.3 Å². The molecule has 7 heteroatoms. The number of hydrogen-bond acceptors (Lipinski definition) is 4. The Labute approximate surface area is 91.8 Å². The molecule has 0 saturated carbocycles. The van der Waals surface area contributed by atoms with Gasteiger partial charge in [-0.15, -0.1) is 10.2 Å². The van der Waals surface area contributed by atoms with E-state index in [9.17, 15) is 0 Å². The first kappa shape index (κ1) is 11.4. The van der Waals surface area contributed by atoms with E-state index in [1.54, 1.807) is 18.3 Å². The normalized spacial score (nSPS) is 11.2. The predicted octanol–water partition coefficient (Wildman–Crippen LogP) is -0.329. The first-order valence-corrected chi connectivity index (χ1v) is 4.49. The number of rotatable bonds is 3. The van der Waals surface area contributed by atoms with Crippen LogP contribution in [0.4, 0.5) is 0 Å². The highest BCUT2D eigenvalue weighted by Crippen LogP contribution is 2.12. The second-order valence-electron chi connectivity index (χ2n) is 2.61. The average Bonchev–Trinajstić information content (AvgIpc) is 2.21. The molecule has 1 heterocycles. The van der Waals surface area contributed by atoms with Gasteiger partial charge in [-0.3, -0.25) is 4.98 Å². The number of nitrogens with two attached hydrogens (primary N) is 3. The zero-order valence-corrected chi connectivity index (χ0v) is 8.65. The van der Waals surface area contributed by atoms with E-state index in [1.165, 1.54) is 0 Å². The Balaban J connectivity index is 3.08. The van der Waals surface area contributed by atoms with Crippen LogP contribution in [0.3, 0.4) is 0 Å². The molecule has 0 unspecified atom stereocenters. The maximum atomic E-state index is 5.90. The Bertz CT molecular complexity index is 396. The summed E-state index contributed by atoms with van der Waals surface area (Å²) in [5.74, 6) is -0.145. The summed E-state index contributed by atoms with van der Waals surface area (Å²) >= 11 is 5.90. The van der Waals surface area contributed by atoms with Gasteiger partial charge in [0.2, 0.25) is 5.96 Å². The van der Waals surface area contributed by atoms with Gasteiger partial charge in [0.25, 0.3) is 0 Å². The number of nitrogens with zero attached hydrogens (tertiary/aromatic N) is 3. The van der Waals surface area contributed by atoms with Gasteiger partial charge in [-0.1, -0.05) is 11.6 Å². The summed E-state index contributed by atoms with van der Waals surface area (Å²) in [6.07, 6.45) is 1.59. The molecule has 0 aliphatic heterocycles. The minimum Gasteiger partial charge on any atom is -0.369 e. The fourth-order valence-electron chi connectivity index (χ4n) is 0.901. The predicted molar refractivity (Wildman–Crippen MR) is 60.6 cm³/mol. The molecule has 80 valence electrons. The first-order valence-electron chi connectivity index (χ1n) is 4.11. The molecule has 1 aromatic rings. The van der Waals surface area contributed by atoms with E-state index in [4.69, 9.17) is 28.8 Å². The lowest BCUT2D eigenvalue weighted by atomic mass is 10.2. The van der Waals surface area contributed by atoms with Crippen LogP contribution in [0.15, 0.2) is 28.5 Å². The standard InChI is InChI=1S/C8H11ClN6/c9-5-2-1-3-13-7(5)6(4-10)14-15-8(11)12/h1-3H,4,10H2,(H4,11,12,15)/b14-6+. The number of pyridine rings is 1. The van der Waals surface area contributed by atoms with Crippen molar-refractivity contribution in [1.82, 2.24) is 4.98 Å². The molecule has 1 aromatic heterocycles. The second kappa shape index (κ2) is 5.28. The molecule has 0 saturated heterocycles. The van der Waals surface area contributed by atoms with Crippen LogP contribution in [0.25, 0.3) is 0 Å². The molecule has 0 spiro atoms. The Morgan fingerprint density at radius 2 is 2.13 bits per heavy atom. The molecule has 0 atom stereocenters. The van der Waals surface area contributed by atoms with Gasteiger partial charge in [0.1, 0.15) is 11.4 Å². The van der Waals surface area contributed by atoms with E-state index in [0.717, 1.165) is 0 Å². The summed E-state index contributed by atoms with van der Waals surface area (Å²) in [4.78, 5) is 4.03. The van der Waals surface area contributed by atoms with Gasteiger partial charge in [0, 0.05) is 12.7 Å². The van der Waals surface area contributed by atoms with Crippen molar-refractivity contribution in [3.63, 3.8) is 0 Å². The third-order valence-corrected chi connectivity index (χ3v) is 1.82. The monoisotopic (exact) mass is 226 g/mol. The van der Waals surface area contributed by atoms with E-state index >= 15 is 0 Å². The van der Waals surface area contributed by atoms with Crippen LogP contribution in [-0.2, 0) is 0 Å². The van der Waals surface area contributed by atoms with Crippen LogP contribution in [0, 0.1) is 0 Å². The first-order chi connectivity index (χ1) is 7.15. The molecule has 0 aromatic carbocycles. The number of hydrogen-bond donors (Lipinski definition) is 3. The molecule has 0 aliphatic carbocycles. The minimum absolute atomic E-state index is 0.145. The van der Waals surface area contributed by atoms with Gasteiger partial charge in [0.05, 0.1) is 5.02 Å². The van der Waals surface area contributed by atoms with Crippen molar-refractivity contribution in [3.8, 4) is 0 Å². The Morgan fingerprint density at radius 1 is 1.40 bits per heavy atom. The van der Waals surface area contributed by atoms with Crippen molar-refractivity contribution in [1.29, 1.82) is 0 Å². The Kier molecular flexibility index (Phi) is 4.02. The molecule has 1 rings (SSSR count). The average molecular weight is 227 g/mol. The molecule has 15 heavy (non-hydrogen) atoms. The van der Waals surface area contributed by atoms with E-state index in [2.05, 4.69) is 15.2 Å². The van der Waals surface area contributed by atoms with E-state index in [-0.39, 0.29) is 12.5 Å². The smallest absolute Gasteiger partial charge is 0.211 e. The maximum absolute atomic E-state index is 5.90. The lowest BCUT2D eigenvalue weighted by molar-refractivity contribution is 1.14. The molecule has 6 nitrogen and oxygen atoms in total. The van der Waals surface area contributed by atoms with Crippen LogP contribution in [0.2, 0.25) is 5.02 Å². The quantitative estimate of drug-likeness (QED) is 0.372. The lowest BCUT2D eigenvalue weighted by Crippen LogP contribution is -2.23. The molecule has 0 amide bonds. The SMILES string of the molecule is NC/C(=N\N=C(N)N)c1ncccc1Cl. The van der Waals surface area contributed by atoms with E-state index < -0.39 is 0 Å². The summed E-state index contributed by atoms with van der Waals surface area (Å²) in [6.45, 7) is 0.146. The van der Waals surface area contributed by atoms with Crippen molar-refractivity contribution in [2.24, 2.45) is 27.4 Å². The van der Waals surface area contributed by atoms with Crippen LogP contribution in [-0.4, -0.2) is 23.2 Å². The summed E-state index contributed by atoms with van der Waals surface area (Å²) in [7, 11) is 0. The van der Waals surface area contributed by atoms with Crippen molar-refractivity contribution in [2.75, 3.05) is 6.54 Å². The molecular formula is C8H11ClN6. The van der Waals surface area contributed by atoms with Gasteiger partial charge in [-0.2, -0.15) is 0 Å². The summed E-state index contributed by atoms with van der Waals surface area (Å²) in [5, 5.41) is 7.70. The van der Waals surface area contributed by atoms with E-state index in [1.807, 2.05) is 0 Å². The second-order valence-corrected chi connectivity index (χ2v) is 3.02. The number of aromatic nitrogens is 1. The molecule has 6 N–H and O–H groups in total. The molecular weight excluding hydrogens is 216 g/mol. The molecule has 0 aliphatic rings. The highest BCUT2D eigenvalue weighted by molar-refractivity contribution is 6.34. The third-order valence-electron chi connectivity index (χ3n) is 1.51. The van der Waals surface area contributed by atoms with Gasteiger partial charge < -0.3 is 17.2 Å². The van der Waals surface area contributed by atoms with Crippen LogP contribution >= 0.6 is 11.6 Å². The summed E-state index contributed by atoms with van der Waals surface area (Å²) in [6, 6.07) is 3.39. The van der Waals surface area contributed by atoms with Crippen molar-refractivity contribution in [2.45, 2.75) is 0 Å². The molecule has 0 bridgehead atoms. The van der Waals surface area contributed by atoms with Gasteiger partial charge in [0.15, 0.2) is 0 Å². The lowest BCUT2D eigenvalue weighted by Gasteiger charge is -2.02. The topological polar surface area (TPSA) is 116 Å². The van der Waals surface area contributed by atoms with Crippen LogP contribution < -0.4 is 17.2 Å². The summed E-state index contributed by atoms with van der Waals surface area (Å²) < 4.78 is 0. The number of guanidine groups is 1. The Morgan fingerprint density at radius 3 is 2.67 bits per heavy atom. The van der Waals surface area contributed by atoms with Gasteiger partial charge in [-0.05, 0) is 12.1 Å². The highest BCUT2D eigenvalue weighted by atomic mass is 35.5. The molecule has 0 fully saturated rings. The van der Waals surface area contributed by atoms with E-state index in [0.29, 0.717) is 16.4 Å². The van der Waals surface area contributed by atoms with Gasteiger partial charge in [-0.25, -0.2) is 0 Å². The zero-order valence-electron chi connectivity index (χ0n) is 7.89. The minimum atomic E-state index is -0.145. The third kappa shape index (κ3) is 3.19. The molecule has 0 radical (unpaired) electrons. The van der Waals surface area contributed by atoms with Crippen LogP contribution in [0.1, 0.15) is 5.69 Å². The fraction of sp³-hybridized carbons (Fsp3) is 0.125. The largest absolute Gasteiger partial charge is 0.369 e. The maximum Gasteiger partial charge on any atom is 0.211 e. The zero-order chi connectivity index (χ0) is 11.3. The highest BCUT2D eigenvalue weighted by Gasteiger charge is 2.07. The number of halogens is 1. The fourth-order valence-corrected chi connectivity index (χ4v) is 1.13. The Hall–Kier alpha value is -1.66.